The van der Waals surface area contributed by atoms with Crippen molar-refractivity contribution in [3.63, 3.8) is 0 Å². The quantitative estimate of drug-likeness (QED) is 0.478. The van der Waals surface area contributed by atoms with Gasteiger partial charge in [-0.25, -0.2) is 4.98 Å². The third kappa shape index (κ3) is 5.85. The van der Waals surface area contributed by atoms with Gasteiger partial charge in [0.15, 0.2) is 5.69 Å². The Labute approximate surface area is 193 Å². The van der Waals surface area contributed by atoms with E-state index in [1.807, 2.05) is 24.3 Å². The molecule has 1 aliphatic heterocycles. The lowest BCUT2D eigenvalue weighted by Gasteiger charge is -2.32. The first-order valence-electron chi connectivity index (χ1n) is 11.3. The van der Waals surface area contributed by atoms with Gasteiger partial charge >= 0.3 is 0 Å². The second kappa shape index (κ2) is 10.4. The van der Waals surface area contributed by atoms with Crippen LogP contribution in [0.5, 0.6) is 0 Å². The van der Waals surface area contributed by atoms with Crippen molar-refractivity contribution in [3.8, 4) is 0 Å². The first kappa shape index (κ1) is 22.7. The molecule has 0 spiro atoms. The first-order valence-corrected chi connectivity index (χ1v) is 11.3. The summed E-state index contributed by atoms with van der Waals surface area (Å²) < 4.78 is 0. The molecule has 2 aromatic carbocycles. The molecule has 33 heavy (non-hydrogen) atoms. The monoisotopic (exact) mass is 446 g/mol. The molecule has 0 saturated carbocycles. The third-order valence-electron chi connectivity index (χ3n) is 5.88. The van der Waals surface area contributed by atoms with Crippen molar-refractivity contribution in [2.75, 3.05) is 46.3 Å². The van der Waals surface area contributed by atoms with Gasteiger partial charge in [-0.1, -0.05) is 24.3 Å². The van der Waals surface area contributed by atoms with Crippen LogP contribution in [0.15, 0.2) is 53.3 Å². The Kier molecular flexibility index (Phi) is 7.16. The van der Waals surface area contributed by atoms with Crippen LogP contribution in [0.3, 0.4) is 0 Å². The van der Waals surface area contributed by atoms with E-state index in [1.54, 1.807) is 30.3 Å². The predicted molar refractivity (Wildman–Crippen MR) is 132 cm³/mol. The van der Waals surface area contributed by atoms with E-state index >= 15 is 0 Å². The van der Waals surface area contributed by atoms with Crippen molar-refractivity contribution in [2.45, 2.75) is 6.42 Å². The number of hydrogen-bond donors (Lipinski definition) is 3. The molecule has 8 heteroatoms. The summed E-state index contributed by atoms with van der Waals surface area (Å²) in [5.74, 6) is -0.121. The van der Waals surface area contributed by atoms with Crippen LogP contribution in [0.25, 0.3) is 22.8 Å². The molecule has 3 aromatic rings. The maximum absolute atomic E-state index is 12.6. The number of carbonyl (C=O) groups excluding carboxylic acids is 1. The number of amides is 1. The number of H-pyrrole nitrogens is 1. The zero-order chi connectivity index (χ0) is 23.2. The van der Waals surface area contributed by atoms with E-state index in [-0.39, 0.29) is 22.9 Å². The minimum atomic E-state index is -0.350. The molecule has 1 amide bonds. The Morgan fingerprint density at radius 2 is 1.94 bits per heavy atom. The van der Waals surface area contributed by atoms with E-state index in [1.165, 1.54) is 0 Å². The summed E-state index contributed by atoms with van der Waals surface area (Å²) in [6.45, 7) is 5.96. The number of nitrogens with one attached hydrogen (secondary N) is 2. The molecule has 0 radical (unpaired) electrons. The molecule has 1 saturated heterocycles. The van der Waals surface area contributed by atoms with Gasteiger partial charge in [-0.2, -0.15) is 0 Å². The second-order valence-electron chi connectivity index (χ2n) is 8.41. The van der Waals surface area contributed by atoms with Gasteiger partial charge in [0, 0.05) is 38.3 Å². The predicted octanol–water partition coefficient (Wildman–Crippen LogP) is 1.75. The van der Waals surface area contributed by atoms with Crippen molar-refractivity contribution in [3.05, 3.63) is 75.7 Å². The number of fused-ring (bicyclic) bond motifs is 1. The molecule has 0 bridgehead atoms. The molecule has 4 N–H and O–H groups in total. The van der Waals surface area contributed by atoms with Crippen molar-refractivity contribution < 1.29 is 4.79 Å². The van der Waals surface area contributed by atoms with Gasteiger partial charge in [-0.15, -0.1) is 0 Å². The van der Waals surface area contributed by atoms with Crippen LogP contribution >= 0.6 is 0 Å². The van der Waals surface area contributed by atoms with Crippen molar-refractivity contribution in [2.24, 2.45) is 5.73 Å². The van der Waals surface area contributed by atoms with Crippen LogP contribution in [0.1, 0.15) is 28.0 Å². The topological polar surface area (TPSA) is 107 Å². The molecule has 2 heterocycles. The van der Waals surface area contributed by atoms with E-state index < -0.39 is 0 Å². The number of rotatable bonds is 7. The fraction of sp³-hybridized carbons (Fsp3) is 0.320. The summed E-state index contributed by atoms with van der Waals surface area (Å²) in [6, 6.07) is 14.5. The number of para-hydroxylation sites is 2. The maximum atomic E-state index is 12.6. The highest BCUT2D eigenvalue weighted by molar-refractivity contribution is 5.95. The molecular weight excluding hydrogens is 416 g/mol. The van der Waals surface area contributed by atoms with Gasteiger partial charge in [0.25, 0.3) is 11.5 Å². The number of aromatic amines is 1. The van der Waals surface area contributed by atoms with E-state index in [2.05, 4.69) is 32.1 Å². The summed E-state index contributed by atoms with van der Waals surface area (Å²) in [7, 11) is 2.14. The number of carbonyl (C=O) groups is 1. The maximum Gasteiger partial charge on any atom is 0.276 e. The molecule has 0 unspecified atom stereocenters. The Balaban J connectivity index is 1.38. The lowest BCUT2D eigenvalue weighted by molar-refractivity contribution is 0.0949. The smallest absolute Gasteiger partial charge is 0.276 e. The standard InChI is InChI=1S/C25H30N6O2/c1-30-12-14-31(15-13-30)11-5-10-27-24(32)19-7-4-6-18(16-19)17-20(26)23-25(33)29-22-9-3-2-8-21(22)28-23/h2-4,6-9,16-17H,5,10-15,26H2,1H3,(H,27,32)(H,29,33)/b20-17-. The highest BCUT2D eigenvalue weighted by Gasteiger charge is 2.13. The van der Waals surface area contributed by atoms with Crippen LogP contribution in [-0.2, 0) is 0 Å². The van der Waals surface area contributed by atoms with E-state index in [0.717, 1.165) is 44.7 Å². The highest BCUT2D eigenvalue weighted by Crippen LogP contribution is 2.14. The summed E-state index contributed by atoms with van der Waals surface area (Å²) in [5.41, 5.74) is 8.84. The summed E-state index contributed by atoms with van der Waals surface area (Å²) in [6.07, 6.45) is 2.58. The van der Waals surface area contributed by atoms with E-state index in [4.69, 9.17) is 5.73 Å². The van der Waals surface area contributed by atoms with Crippen LogP contribution in [0, 0.1) is 0 Å². The number of aromatic nitrogens is 2. The Morgan fingerprint density at radius 1 is 1.15 bits per heavy atom. The largest absolute Gasteiger partial charge is 0.397 e. The van der Waals surface area contributed by atoms with Gasteiger partial charge < -0.3 is 25.8 Å². The fourth-order valence-electron chi connectivity index (χ4n) is 3.92. The molecule has 8 nitrogen and oxygen atoms in total. The summed E-state index contributed by atoms with van der Waals surface area (Å²) in [4.78, 5) is 37.0. The molecule has 1 aromatic heterocycles. The lowest BCUT2D eigenvalue weighted by atomic mass is 10.1. The zero-order valence-corrected chi connectivity index (χ0v) is 18.9. The number of benzene rings is 2. The molecule has 0 atom stereocenters. The second-order valence-corrected chi connectivity index (χ2v) is 8.41. The average molecular weight is 447 g/mol. The van der Waals surface area contributed by atoms with E-state index in [0.29, 0.717) is 23.1 Å². The van der Waals surface area contributed by atoms with Gasteiger partial charge in [0.2, 0.25) is 0 Å². The van der Waals surface area contributed by atoms with Crippen LogP contribution in [0.2, 0.25) is 0 Å². The van der Waals surface area contributed by atoms with Crippen molar-refractivity contribution in [1.29, 1.82) is 0 Å². The first-order chi connectivity index (χ1) is 16.0. The summed E-state index contributed by atoms with van der Waals surface area (Å²) in [5, 5.41) is 2.99. The number of piperazine rings is 1. The number of hydrogen-bond acceptors (Lipinski definition) is 6. The molecule has 0 aliphatic carbocycles. The molecule has 1 fully saturated rings. The molecule has 1 aliphatic rings. The minimum Gasteiger partial charge on any atom is -0.397 e. The van der Waals surface area contributed by atoms with Crippen LogP contribution < -0.4 is 16.6 Å². The van der Waals surface area contributed by atoms with E-state index in [9.17, 15) is 9.59 Å². The molecular formula is C25H30N6O2. The third-order valence-corrected chi connectivity index (χ3v) is 5.88. The fourth-order valence-corrected chi connectivity index (χ4v) is 3.92. The van der Waals surface area contributed by atoms with Gasteiger partial charge in [0.1, 0.15) is 0 Å². The molecule has 172 valence electrons. The normalized spacial score (nSPS) is 15.6. The van der Waals surface area contributed by atoms with Crippen molar-refractivity contribution in [1.82, 2.24) is 25.1 Å². The van der Waals surface area contributed by atoms with Crippen molar-refractivity contribution >= 4 is 28.7 Å². The van der Waals surface area contributed by atoms with Crippen LogP contribution in [-0.4, -0.2) is 72.0 Å². The van der Waals surface area contributed by atoms with Gasteiger partial charge in [-0.05, 0) is 55.9 Å². The average Bonchev–Trinajstić information content (AvgIpc) is 2.82. The van der Waals surface area contributed by atoms with Gasteiger partial charge in [-0.3, -0.25) is 9.59 Å². The Morgan fingerprint density at radius 3 is 2.76 bits per heavy atom. The Hall–Kier alpha value is -3.49. The summed E-state index contributed by atoms with van der Waals surface area (Å²) >= 11 is 0. The minimum absolute atomic E-state index is 0.121. The van der Waals surface area contributed by atoms with Crippen LogP contribution in [0.4, 0.5) is 0 Å². The lowest BCUT2D eigenvalue weighted by Crippen LogP contribution is -2.45. The molecule has 4 rings (SSSR count). The zero-order valence-electron chi connectivity index (χ0n) is 18.9. The van der Waals surface area contributed by atoms with Gasteiger partial charge in [0.05, 0.1) is 16.7 Å². The number of nitrogens with two attached hydrogens (primary N) is 1. The number of likely N-dealkylation sites (N-methyl/N-ethyl adjacent to an activating group) is 1. The number of nitrogens with zero attached hydrogens (tertiary/aromatic N) is 3. The Bertz CT molecular complexity index is 1210. The highest BCUT2D eigenvalue weighted by atomic mass is 16.1. The SMILES string of the molecule is CN1CCN(CCCNC(=O)c2cccc(/C=C(\N)c3nc4ccccc4[nH]c3=O)c2)CC1.